The minimum atomic E-state index is -1.21. The highest BCUT2D eigenvalue weighted by atomic mass is 19.1. The fraction of sp³-hybridized carbons (Fsp3) is 0.414. The zero-order chi connectivity index (χ0) is 28.5. The SMILES string of the molecule is C[N+]1=C(c2ccc3c(=O)n(-c4ccc(F)cc4)c(CCCCC(=O)O)nc3c2)CC(C)(C(=O)OC(C)(C)C)O1. The van der Waals surface area contributed by atoms with Crippen molar-refractivity contribution in [2.75, 3.05) is 7.05 Å². The number of hydrogen-bond donors (Lipinski definition) is 1. The number of aliphatic carboxylic acids is 1. The number of nitrogens with zero attached hydrogens (tertiary/aromatic N) is 3. The highest BCUT2D eigenvalue weighted by Gasteiger charge is 2.52. The van der Waals surface area contributed by atoms with E-state index in [0.717, 1.165) is 11.3 Å². The number of rotatable bonds is 8. The van der Waals surface area contributed by atoms with E-state index in [2.05, 4.69) is 0 Å². The van der Waals surface area contributed by atoms with E-state index in [-0.39, 0.29) is 18.4 Å². The molecule has 0 aliphatic carbocycles. The van der Waals surface area contributed by atoms with Gasteiger partial charge in [-0.15, -0.1) is 0 Å². The second-order valence-electron chi connectivity index (χ2n) is 10.9. The molecule has 206 valence electrons. The third-order valence-corrected chi connectivity index (χ3v) is 6.45. The molecule has 1 aromatic heterocycles. The summed E-state index contributed by atoms with van der Waals surface area (Å²) in [5.41, 5.74) is 0.212. The van der Waals surface area contributed by atoms with Crippen LogP contribution in [-0.2, 0) is 25.6 Å². The third kappa shape index (κ3) is 6.16. The first-order valence-corrected chi connectivity index (χ1v) is 12.8. The quantitative estimate of drug-likeness (QED) is 0.260. The van der Waals surface area contributed by atoms with Crippen LogP contribution in [0.5, 0.6) is 0 Å². The maximum Gasteiger partial charge on any atom is 0.358 e. The highest BCUT2D eigenvalue weighted by Crippen LogP contribution is 2.29. The van der Waals surface area contributed by atoms with Crippen LogP contribution in [0.1, 0.15) is 64.8 Å². The van der Waals surface area contributed by atoms with Crippen molar-refractivity contribution in [2.45, 2.75) is 71.0 Å². The largest absolute Gasteiger partial charge is 0.481 e. The Bertz CT molecular complexity index is 1520. The van der Waals surface area contributed by atoms with Crippen LogP contribution in [0.15, 0.2) is 47.3 Å². The van der Waals surface area contributed by atoms with Crippen LogP contribution in [0.25, 0.3) is 16.6 Å². The average Bonchev–Trinajstić information content (AvgIpc) is 3.17. The molecule has 0 saturated carbocycles. The summed E-state index contributed by atoms with van der Waals surface area (Å²) in [5, 5.41) is 9.36. The highest BCUT2D eigenvalue weighted by molar-refractivity contribution is 6.03. The molecular weight excluding hydrogens is 505 g/mol. The van der Waals surface area contributed by atoms with E-state index >= 15 is 0 Å². The summed E-state index contributed by atoms with van der Waals surface area (Å²) >= 11 is 0. The van der Waals surface area contributed by atoms with E-state index in [0.29, 0.717) is 41.7 Å². The van der Waals surface area contributed by atoms with Crippen molar-refractivity contribution in [1.82, 2.24) is 9.55 Å². The van der Waals surface area contributed by atoms with Crippen molar-refractivity contribution in [1.29, 1.82) is 0 Å². The Labute approximate surface area is 225 Å². The summed E-state index contributed by atoms with van der Waals surface area (Å²) in [7, 11) is 1.71. The Hall–Kier alpha value is -4.08. The molecule has 1 N–H and O–H groups in total. The van der Waals surface area contributed by atoms with Gasteiger partial charge in [0.05, 0.1) is 23.0 Å². The van der Waals surface area contributed by atoms with Crippen molar-refractivity contribution in [3.63, 3.8) is 0 Å². The molecule has 0 saturated heterocycles. The van der Waals surface area contributed by atoms with E-state index in [9.17, 15) is 18.8 Å². The van der Waals surface area contributed by atoms with Gasteiger partial charge in [-0.3, -0.25) is 19.0 Å². The standard InChI is InChI=1S/C29H32FN3O6/c1-28(2,3)38-27(37)29(4)17-23(32(5)39-29)18-10-15-21-22(16-18)31-24(8-6-7-9-25(34)35)33(26(21)36)20-13-11-19(30)12-14-20/h10-16H,6-9,17H2,1-5H3/p+1. The van der Waals surface area contributed by atoms with E-state index in [1.54, 1.807) is 52.9 Å². The Morgan fingerprint density at radius 2 is 1.87 bits per heavy atom. The number of fused-ring (bicyclic) bond motifs is 1. The Balaban J connectivity index is 1.73. The Kier molecular flexibility index (Phi) is 7.59. The molecule has 1 unspecified atom stereocenters. The maximum absolute atomic E-state index is 13.6. The summed E-state index contributed by atoms with van der Waals surface area (Å²) in [6.07, 6.45) is 1.57. The molecule has 1 aliphatic heterocycles. The van der Waals surface area contributed by atoms with Crippen LogP contribution in [0.2, 0.25) is 0 Å². The average molecular weight is 539 g/mol. The number of carbonyl (C=O) groups excluding carboxylic acids is 1. The molecule has 39 heavy (non-hydrogen) atoms. The topological polar surface area (TPSA) is 111 Å². The van der Waals surface area contributed by atoms with Crippen LogP contribution in [0, 0.1) is 5.82 Å². The van der Waals surface area contributed by atoms with Gasteiger partial charge in [0.15, 0.2) is 7.05 Å². The van der Waals surface area contributed by atoms with Crippen molar-refractivity contribution in [3.8, 4) is 5.69 Å². The predicted octanol–water partition coefficient (Wildman–Crippen LogP) is 4.19. The monoisotopic (exact) mass is 538 g/mol. The smallest absolute Gasteiger partial charge is 0.358 e. The number of esters is 1. The van der Waals surface area contributed by atoms with Crippen LogP contribution in [0.4, 0.5) is 4.39 Å². The lowest BCUT2D eigenvalue weighted by Crippen LogP contribution is -2.42. The molecule has 2 heterocycles. The molecule has 0 spiro atoms. The number of unbranched alkanes of at least 4 members (excludes halogenated alkanes) is 1. The van der Waals surface area contributed by atoms with Gasteiger partial charge in [-0.25, -0.2) is 14.2 Å². The minimum Gasteiger partial charge on any atom is -0.481 e. The molecule has 0 fully saturated rings. The van der Waals surface area contributed by atoms with Gasteiger partial charge >= 0.3 is 11.9 Å². The van der Waals surface area contributed by atoms with Gasteiger partial charge in [0, 0.05) is 18.4 Å². The minimum absolute atomic E-state index is 0.0135. The van der Waals surface area contributed by atoms with E-state index < -0.39 is 29.0 Å². The van der Waals surface area contributed by atoms with Gasteiger partial charge in [0.25, 0.3) is 11.2 Å². The lowest BCUT2D eigenvalue weighted by atomic mass is 9.95. The van der Waals surface area contributed by atoms with Gasteiger partial charge in [0.1, 0.15) is 17.2 Å². The lowest BCUT2D eigenvalue weighted by molar-refractivity contribution is -0.773. The van der Waals surface area contributed by atoms with Crippen molar-refractivity contribution < 1.29 is 33.4 Å². The third-order valence-electron chi connectivity index (χ3n) is 6.45. The zero-order valence-corrected chi connectivity index (χ0v) is 22.8. The number of hydrogen-bond acceptors (Lipinski definition) is 6. The van der Waals surface area contributed by atoms with Crippen LogP contribution in [-0.4, -0.2) is 55.3 Å². The number of aromatic nitrogens is 2. The van der Waals surface area contributed by atoms with Gasteiger partial charge in [-0.1, -0.05) is 0 Å². The summed E-state index contributed by atoms with van der Waals surface area (Å²) < 4.78 is 22.1. The number of hydroxylamine groups is 1. The number of ether oxygens (including phenoxy) is 1. The summed E-state index contributed by atoms with van der Waals surface area (Å²) in [6, 6.07) is 10.8. The molecule has 1 atom stereocenters. The van der Waals surface area contributed by atoms with Crippen molar-refractivity contribution in [3.05, 3.63) is 70.0 Å². The summed E-state index contributed by atoms with van der Waals surface area (Å²) in [4.78, 5) is 48.1. The second-order valence-corrected chi connectivity index (χ2v) is 10.9. The molecule has 10 heteroatoms. The van der Waals surface area contributed by atoms with E-state index in [1.807, 2.05) is 0 Å². The molecular formula is C29H33FN3O6+. The Morgan fingerprint density at radius 1 is 1.18 bits per heavy atom. The number of aryl methyl sites for hydroxylation is 1. The van der Waals surface area contributed by atoms with Gasteiger partial charge < -0.3 is 9.84 Å². The first-order chi connectivity index (χ1) is 18.3. The molecule has 9 nitrogen and oxygen atoms in total. The summed E-state index contributed by atoms with van der Waals surface area (Å²) in [6.45, 7) is 7.07. The van der Waals surface area contributed by atoms with Crippen molar-refractivity contribution in [2.24, 2.45) is 0 Å². The number of benzene rings is 2. The molecule has 4 rings (SSSR count). The fourth-order valence-electron chi connectivity index (χ4n) is 4.59. The number of carboxylic acid groups (broad SMARTS) is 1. The molecule has 2 aromatic carbocycles. The van der Waals surface area contributed by atoms with Crippen LogP contribution in [0.3, 0.4) is 0 Å². The number of carbonyl (C=O) groups is 2. The van der Waals surface area contributed by atoms with Gasteiger partial charge in [-0.05, 0) is 87.7 Å². The first kappa shape index (κ1) is 27.9. The first-order valence-electron chi connectivity index (χ1n) is 12.8. The van der Waals surface area contributed by atoms with Gasteiger partial charge in [-0.2, -0.15) is 0 Å². The molecule has 0 amide bonds. The predicted molar refractivity (Wildman–Crippen MR) is 143 cm³/mol. The van der Waals surface area contributed by atoms with E-state index in [1.165, 1.54) is 33.6 Å². The number of halogens is 1. The fourth-order valence-corrected chi connectivity index (χ4v) is 4.59. The maximum atomic E-state index is 13.6. The lowest BCUT2D eigenvalue weighted by Gasteiger charge is -2.24. The molecule has 0 bridgehead atoms. The van der Waals surface area contributed by atoms with Gasteiger partial charge in [0.2, 0.25) is 5.71 Å². The molecule has 3 aromatic rings. The molecule has 0 radical (unpaired) electrons. The summed E-state index contributed by atoms with van der Waals surface area (Å²) in [5.74, 6) is -1.34. The van der Waals surface area contributed by atoms with Crippen LogP contribution < -0.4 is 5.56 Å². The zero-order valence-electron chi connectivity index (χ0n) is 22.8. The van der Waals surface area contributed by atoms with Crippen LogP contribution >= 0.6 is 0 Å². The number of carboxylic acids is 1. The normalized spacial score (nSPS) is 17.4. The second kappa shape index (κ2) is 10.6. The Morgan fingerprint density at radius 3 is 2.51 bits per heavy atom. The van der Waals surface area contributed by atoms with Crippen molar-refractivity contribution >= 4 is 28.6 Å². The van der Waals surface area contributed by atoms with E-state index in [4.69, 9.17) is 19.7 Å². The molecule has 1 aliphatic rings.